The molecule has 0 bridgehead atoms. The van der Waals surface area contributed by atoms with E-state index in [1.165, 1.54) is 6.21 Å². The first kappa shape index (κ1) is 32.2. The molecule has 0 fully saturated rings. The molecule has 3 aromatic rings. The molecular formula is C21H18Cl6FeN3-. The fraction of sp³-hybridized carbons (Fsp3) is 0.0476. The maximum Gasteiger partial charge on any atom is 0.0998 e. The maximum absolute atomic E-state index is 6.00. The summed E-state index contributed by atoms with van der Waals surface area (Å²) in [4.78, 5) is 12.2. The summed E-state index contributed by atoms with van der Waals surface area (Å²) < 4.78 is 0. The van der Waals surface area contributed by atoms with Crippen molar-refractivity contribution in [3.63, 3.8) is 0 Å². The molecule has 1 heterocycles. The quantitative estimate of drug-likeness (QED) is 0.173. The Bertz CT molecular complexity index is 928. The predicted molar refractivity (Wildman–Crippen MR) is 137 cm³/mol. The van der Waals surface area contributed by atoms with E-state index >= 15 is 0 Å². The van der Waals surface area contributed by atoms with Gasteiger partial charge in [0.1, 0.15) is 0 Å². The second-order valence-electron chi connectivity index (χ2n) is 5.33. The van der Waals surface area contributed by atoms with Crippen LogP contribution in [0.2, 0.25) is 20.1 Å². The third-order valence-corrected chi connectivity index (χ3v) is 4.59. The van der Waals surface area contributed by atoms with Gasteiger partial charge in [0.15, 0.2) is 0 Å². The fourth-order valence-corrected chi connectivity index (χ4v) is 3.07. The van der Waals surface area contributed by atoms with Crippen molar-refractivity contribution < 1.29 is 17.1 Å². The zero-order chi connectivity index (χ0) is 20.4. The molecule has 1 aromatic heterocycles. The molecule has 0 aliphatic rings. The number of benzene rings is 2. The summed E-state index contributed by atoms with van der Waals surface area (Å²) in [6, 6.07) is 14.5. The molecule has 0 saturated carbocycles. The van der Waals surface area contributed by atoms with Gasteiger partial charge in [0.2, 0.25) is 0 Å². The molecule has 0 amide bonds. The smallest absolute Gasteiger partial charge is 0.0998 e. The van der Waals surface area contributed by atoms with Crippen LogP contribution >= 0.6 is 71.2 Å². The van der Waals surface area contributed by atoms with Crippen molar-refractivity contribution in [3.05, 3.63) is 93.5 Å². The van der Waals surface area contributed by atoms with Crippen molar-refractivity contribution in [3.8, 4) is 0 Å². The van der Waals surface area contributed by atoms with Crippen molar-refractivity contribution in [2.75, 3.05) is 0 Å². The van der Waals surface area contributed by atoms with Gasteiger partial charge in [-0.1, -0.05) is 64.6 Å². The van der Waals surface area contributed by atoms with E-state index in [9.17, 15) is 0 Å². The number of aliphatic imine (C=N–C) groups is 2. The van der Waals surface area contributed by atoms with Crippen LogP contribution in [0.25, 0.3) is 0 Å². The molecule has 3 rings (SSSR count). The maximum atomic E-state index is 6.00. The second kappa shape index (κ2) is 17.6. The van der Waals surface area contributed by atoms with Crippen LogP contribution in [0.3, 0.4) is 0 Å². The van der Waals surface area contributed by atoms with E-state index < -0.39 is 0 Å². The van der Waals surface area contributed by atoms with Crippen molar-refractivity contribution in [1.82, 2.24) is 4.98 Å². The van der Waals surface area contributed by atoms with Gasteiger partial charge >= 0.3 is 0 Å². The minimum Gasteiger partial charge on any atom is -0.364 e. The van der Waals surface area contributed by atoms with Crippen LogP contribution in [0.15, 0.2) is 70.9 Å². The average molecular weight is 581 g/mol. The minimum absolute atomic E-state index is 0. The predicted octanol–water partition coefficient (Wildman–Crippen LogP) is 8.70. The Kier molecular flexibility index (Phi) is 18.3. The summed E-state index contributed by atoms with van der Waals surface area (Å²) in [5.74, 6) is 0. The summed E-state index contributed by atoms with van der Waals surface area (Å²) in [5.41, 5.74) is 2.28. The van der Waals surface area contributed by atoms with E-state index in [0.29, 0.717) is 37.9 Å². The number of hydrogen-bond acceptors (Lipinski definition) is 3. The van der Waals surface area contributed by atoms with Gasteiger partial charge in [-0.05, 0) is 35.9 Å². The van der Waals surface area contributed by atoms with E-state index in [1.807, 2.05) is 12.1 Å². The van der Waals surface area contributed by atoms with Crippen LogP contribution in [0.5, 0.6) is 0 Å². The zero-order valence-corrected chi connectivity index (χ0v) is 21.6. The van der Waals surface area contributed by atoms with E-state index in [2.05, 4.69) is 21.9 Å². The Hall–Kier alpha value is -0.941. The molecule has 10 heteroatoms. The number of halogens is 6. The summed E-state index contributed by atoms with van der Waals surface area (Å²) in [5, 5.41) is 2.19. The van der Waals surface area contributed by atoms with Crippen LogP contribution in [0, 0.1) is 6.92 Å². The Morgan fingerprint density at radius 1 is 0.774 bits per heavy atom. The van der Waals surface area contributed by atoms with E-state index in [-0.39, 0.29) is 41.9 Å². The first-order chi connectivity index (χ1) is 13.5. The van der Waals surface area contributed by atoms with Gasteiger partial charge in [-0.25, -0.2) is 0 Å². The number of rotatable bonds is 4. The minimum atomic E-state index is 0. The number of para-hydroxylation sites is 2. The molecule has 0 N–H and O–H groups in total. The van der Waals surface area contributed by atoms with Crippen LogP contribution < -0.4 is 0 Å². The molecule has 0 atom stereocenters. The Morgan fingerprint density at radius 3 is 1.68 bits per heavy atom. The molecule has 0 aliphatic heterocycles. The van der Waals surface area contributed by atoms with E-state index in [1.54, 1.807) is 55.0 Å². The standard InChI is InChI=1S/C13H10Cl2N2.C8H6Cl2N.2ClH.Fe/c14-11-4-1-5-12(15)13(11)17-8-6-10-3-2-7-16-9-10;1-2-11-8-6(9)4-3-5-7(8)10;;;/h1-5,7-9H,6H2;2-5H,1H2;2*1H;/q;-1;;;. The van der Waals surface area contributed by atoms with E-state index in [4.69, 9.17) is 46.4 Å². The number of hydrogen-bond donors (Lipinski definition) is 0. The molecule has 0 spiro atoms. The fourth-order valence-electron chi connectivity index (χ4n) is 2.08. The topological polar surface area (TPSA) is 37.6 Å². The first-order valence-corrected chi connectivity index (χ1v) is 9.65. The largest absolute Gasteiger partial charge is 0.364 e. The molecule has 31 heavy (non-hydrogen) atoms. The molecule has 0 aliphatic carbocycles. The summed E-state index contributed by atoms with van der Waals surface area (Å²) in [6.45, 7) is 3.45. The molecule has 2 aromatic carbocycles. The molecule has 0 radical (unpaired) electrons. The molecule has 0 saturated heterocycles. The second-order valence-corrected chi connectivity index (χ2v) is 6.96. The molecule has 168 valence electrons. The van der Waals surface area contributed by atoms with Crippen LogP contribution in [-0.2, 0) is 23.5 Å². The Morgan fingerprint density at radius 2 is 1.26 bits per heavy atom. The van der Waals surface area contributed by atoms with Gasteiger partial charge < -0.3 is 6.92 Å². The average Bonchev–Trinajstić information content (AvgIpc) is 2.69. The Balaban J connectivity index is 0. The van der Waals surface area contributed by atoms with Gasteiger partial charge in [-0.2, -0.15) is 0 Å². The molecular weight excluding hydrogens is 563 g/mol. The van der Waals surface area contributed by atoms with Gasteiger partial charge in [-0.15, -0.1) is 31.0 Å². The van der Waals surface area contributed by atoms with Crippen LogP contribution in [0.4, 0.5) is 11.4 Å². The first-order valence-electron chi connectivity index (χ1n) is 8.14. The third kappa shape index (κ3) is 11.0. The van der Waals surface area contributed by atoms with Gasteiger partial charge in [-0.3, -0.25) is 15.0 Å². The van der Waals surface area contributed by atoms with Crippen LogP contribution in [0.1, 0.15) is 5.56 Å². The zero-order valence-electron chi connectivity index (χ0n) is 15.9. The van der Waals surface area contributed by atoms with Crippen molar-refractivity contribution in [1.29, 1.82) is 0 Å². The van der Waals surface area contributed by atoms with Gasteiger partial charge in [0.25, 0.3) is 0 Å². The van der Waals surface area contributed by atoms with Crippen molar-refractivity contribution in [2.45, 2.75) is 6.42 Å². The molecule has 3 nitrogen and oxygen atoms in total. The monoisotopic (exact) mass is 578 g/mol. The summed E-state index contributed by atoms with van der Waals surface area (Å²) in [7, 11) is 0. The number of aromatic nitrogens is 1. The number of pyridine rings is 1. The van der Waals surface area contributed by atoms with Crippen molar-refractivity contribution >= 4 is 95.0 Å². The van der Waals surface area contributed by atoms with Crippen LogP contribution in [-0.4, -0.2) is 17.4 Å². The van der Waals surface area contributed by atoms with Gasteiger partial charge in [0, 0.05) is 42.1 Å². The summed E-state index contributed by atoms with van der Waals surface area (Å²) >= 11 is 23.6. The SMILES string of the molecule is Cl.Cl.Clc1cccc(Cl)c1N=CCc1cccnc1.[CH2-]C=Nc1c(Cl)cccc1Cl.[Fe]. The summed E-state index contributed by atoms with van der Waals surface area (Å²) in [6.07, 6.45) is 7.44. The Labute approximate surface area is 225 Å². The third-order valence-electron chi connectivity index (χ3n) is 3.37. The number of nitrogens with zero attached hydrogens (tertiary/aromatic N) is 3. The molecule has 0 unspecified atom stereocenters. The van der Waals surface area contributed by atoms with Crippen molar-refractivity contribution in [2.24, 2.45) is 9.98 Å². The van der Waals surface area contributed by atoms with E-state index in [0.717, 1.165) is 5.56 Å². The van der Waals surface area contributed by atoms with Gasteiger partial charge in [0.05, 0.1) is 31.5 Å². The normalized spacial score (nSPS) is 9.81.